The van der Waals surface area contributed by atoms with Crippen LogP contribution in [-0.2, 0) is 0 Å². The molecule has 0 aromatic rings. The van der Waals surface area contributed by atoms with E-state index in [9.17, 15) is 4.79 Å². The maximum absolute atomic E-state index is 10.0. The lowest BCUT2D eigenvalue weighted by atomic mass is 10.7. The third-order valence-corrected chi connectivity index (χ3v) is 0.425. The maximum atomic E-state index is 10.0. The molecule has 0 spiro atoms. The second kappa shape index (κ2) is 3.42. The van der Waals surface area contributed by atoms with Crippen LogP contribution in [0.5, 0.6) is 0 Å². The Balaban J connectivity index is 3.00. The number of carbonyl (C=O) groups is 1. The number of urea groups is 1. The first kappa shape index (κ1) is 6.23. The van der Waals surface area contributed by atoms with Crippen molar-refractivity contribution in [3.8, 4) is 0 Å². The zero-order valence-electron chi connectivity index (χ0n) is 4.14. The van der Waals surface area contributed by atoms with Gasteiger partial charge in [-0.3, -0.25) is 5.43 Å². The Morgan fingerprint density at radius 1 is 2.00 bits per heavy atom. The van der Waals surface area contributed by atoms with Gasteiger partial charge in [-0.05, 0) is 6.92 Å². The number of hydrazine groups is 1. The SMILES string of the molecule is CC[N]C(=O)NN. The molecule has 0 saturated carbocycles. The minimum Gasteiger partial charge on any atom is -0.274 e. The summed E-state index contributed by atoms with van der Waals surface area (Å²) in [4.78, 5) is 10.0. The van der Waals surface area contributed by atoms with Crippen LogP contribution in [0.4, 0.5) is 4.79 Å². The molecule has 4 heteroatoms. The van der Waals surface area contributed by atoms with Gasteiger partial charge in [0, 0.05) is 6.54 Å². The number of amides is 2. The number of carbonyl (C=O) groups excluding carboxylic acids is 1. The van der Waals surface area contributed by atoms with Crippen molar-refractivity contribution in [2.75, 3.05) is 6.54 Å². The van der Waals surface area contributed by atoms with Crippen LogP contribution in [-0.4, -0.2) is 12.6 Å². The van der Waals surface area contributed by atoms with Crippen molar-refractivity contribution in [3.05, 3.63) is 0 Å². The lowest BCUT2D eigenvalue weighted by Gasteiger charge is -1.92. The largest absolute Gasteiger partial charge is 0.350 e. The fourth-order valence-electron chi connectivity index (χ4n) is 0.189. The van der Waals surface area contributed by atoms with E-state index in [1.807, 2.05) is 5.43 Å². The number of nitrogens with one attached hydrogen (secondary N) is 1. The highest BCUT2D eigenvalue weighted by molar-refractivity contribution is 5.72. The Morgan fingerprint density at radius 3 is 2.71 bits per heavy atom. The Kier molecular flexibility index (Phi) is 3.04. The second-order valence-corrected chi connectivity index (χ2v) is 0.924. The van der Waals surface area contributed by atoms with Crippen LogP contribution >= 0.6 is 0 Å². The zero-order chi connectivity index (χ0) is 5.70. The van der Waals surface area contributed by atoms with Gasteiger partial charge in [-0.25, -0.2) is 16.0 Å². The summed E-state index contributed by atoms with van der Waals surface area (Å²) in [6, 6.07) is -0.470. The first-order chi connectivity index (χ1) is 3.31. The lowest BCUT2D eigenvalue weighted by molar-refractivity contribution is 0.241. The Labute approximate surface area is 42.0 Å². The summed E-state index contributed by atoms with van der Waals surface area (Å²) in [5, 5.41) is 3.37. The summed E-state index contributed by atoms with van der Waals surface area (Å²) in [6.45, 7) is 2.23. The normalized spacial score (nSPS) is 7.71. The molecular formula is C3H8N3O. The predicted octanol–water partition coefficient (Wildman–Crippen LogP) is -0.806. The van der Waals surface area contributed by atoms with Gasteiger partial charge in [0.2, 0.25) is 0 Å². The van der Waals surface area contributed by atoms with Crippen LogP contribution < -0.4 is 16.6 Å². The van der Waals surface area contributed by atoms with Gasteiger partial charge in [0.15, 0.2) is 0 Å². The summed E-state index contributed by atoms with van der Waals surface area (Å²) >= 11 is 0. The van der Waals surface area contributed by atoms with E-state index in [0.29, 0.717) is 6.54 Å². The highest BCUT2D eigenvalue weighted by Crippen LogP contribution is 1.58. The second-order valence-electron chi connectivity index (χ2n) is 0.924. The smallest absolute Gasteiger partial charge is 0.274 e. The molecule has 0 heterocycles. The highest BCUT2D eigenvalue weighted by Gasteiger charge is 1.90. The van der Waals surface area contributed by atoms with E-state index >= 15 is 0 Å². The fourth-order valence-corrected chi connectivity index (χ4v) is 0.189. The Morgan fingerprint density at radius 2 is 2.57 bits per heavy atom. The monoisotopic (exact) mass is 102 g/mol. The quantitative estimate of drug-likeness (QED) is 0.258. The van der Waals surface area contributed by atoms with Crippen LogP contribution in [0, 0.1) is 0 Å². The summed E-state index contributed by atoms with van der Waals surface area (Å²) in [6.07, 6.45) is 0. The van der Waals surface area contributed by atoms with Crippen LogP contribution in [0.1, 0.15) is 6.92 Å². The molecule has 2 amide bonds. The first-order valence-electron chi connectivity index (χ1n) is 1.99. The van der Waals surface area contributed by atoms with Crippen molar-refractivity contribution in [2.45, 2.75) is 6.92 Å². The molecule has 1 radical (unpaired) electrons. The fraction of sp³-hybridized carbons (Fsp3) is 0.667. The van der Waals surface area contributed by atoms with Crippen molar-refractivity contribution < 1.29 is 4.79 Å². The van der Waals surface area contributed by atoms with Crippen molar-refractivity contribution in [3.63, 3.8) is 0 Å². The molecule has 0 aliphatic rings. The molecule has 0 aromatic heterocycles. The van der Waals surface area contributed by atoms with Crippen molar-refractivity contribution in [2.24, 2.45) is 5.84 Å². The van der Waals surface area contributed by atoms with E-state index in [1.54, 1.807) is 6.92 Å². The number of rotatable bonds is 1. The zero-order valence-corrected chi connectivity index (χ0v) is 4.14. The molecule has 7 heavy (non-hydrogen) atoms. The molecule has 0 fully saturated rings. The average Bonchev–Trinajstić information content (AvgIpc) is 1.68. The third-order valence-electron chi connectivity index (χ3n) is 0.425. The first-order valence-corrected chi connectivity index (χ1v) is 1.99. The topological polar surface area (TPSA) is 69.2 Å². The lowest BCUT2D eigenvalue weighted by Crippen LogP contribution is -2.35. The number of hydrogen-bond donors (Lipinski definition) is 2. The molecule has 0 atom stereocenters. The van der Waals surface area contributed by atoms with Gasteiger partial charge in [-0.1, -0.05) is 0 Å². The van der Waals surface area contributed by atoms with Gasteiger partial charge in [0.1, 0.15) is 0 Å². The van der Waals surface area contributed by atoms with Gasteiger partial charge >= 0.3 is 6.03 Å². The van der Waals surface area contributed by atoms with Gasteiger partial charge in [0.05, 0.1) is 0 Å². The Bertz CT molecular complexity index is 63.2. The molecule has 41 valence electrons. The third kappa shape index (κ3) is 3.05. The van der Waals surface area contributed by atoms with E-state index in [0.717, 1.165) is 0 Å². The summed E-state index contributed by atoms with van der Waals surface area (Å²) in [5.74, 6) is 4.66. The van der Waals surface area contributed by atoms with Crippen LogP contribution in [0.2, 0.25) is 0 Å². The standard InChI is InChI=1S/C3H8N3O/c1-2-5-3(7)6-4/h2,4H2,1H3,(H,6,7). The summed E-state index contributed by atoms with van der Waals surface area (Å²) in [5.41, 5.74) is 1.86. The molecule has 0 unspecified atom stereocenters. The van der Waals surface area contributed by atoms with Crippen molar-refractivity contribution in [1.82, 2.24) is 10.7 Å². The minimum absolute atomic E-state index is 0.470. The van der Waals surface area contributed by atoms with Crippen LogP contribution in [0.15, 0.2) is 0 Å². The predicted molar refractivity (Wildman–Crippen MR) is 25.4 cm³/mol. The van der Waals surface area contributed by atoms with Crippen molar-refractivity contribution >= 4 is 6.03 Å². The summed E-state index contributed by atoms with van der Waals surface area (Å²) in [7, 11) is 0. The van der Waals surface area contributed by atoms with Gasteiger partial charge in [-0.15, -0.1) is 0 Å². The van der Waals surface area contributed by atoms with E-state index < -0.39 is 6.03 Å². The van der Waals surface area contributed by atoms with E-state index in [2.05, 4.69) is 11.2 Å². The van der Waals surface area contributed by atoms with E-state index in [-0.39, 0.29) is 0 Å². The Hall–Kier alpha value is -0.770. The van der Waals surface area contributed by atoms with E-state index in [1.165, 1.54) is 0 Å². The molecular weight excluding hydrogens is 94.1 g/mol. The minimum atomic E-state index is -0.470. The summed E-state index contributed by atoms with van der Waals surface area (Å²) < 4.78 is 0. The number of hydrogen-bond acceptors (Lipinski definition) is 2. The van der Waals surface area contributed by atoms with Crippen molar-refractivity contribution in [1.29, 1.82) is 0 Å². The molecule has 0 bridgehead atoms. The molecule has 3 N–H and O–H groups in total. The molecule has 0 rings (SSSR count). The van der Waals surface area contributed by atoms with Gasteiger partial charge < -0.3 is 0 Å². The maximum Gasteiger partial charge on any atom is 0.350 e. The molecule has 0 aromatic carbocycles. The molecule has 4 nitrogen and oxygen atoms in total. The molecule has 0 saturated heterocycles. The van der Waals surface area contributed by atoms with Crippen LogP contribution in [0.3, 0.4) is 0 Å². The van der Waals surface area contributed by atoms with E-state index in [4.69, 9.17) is 0 Å². The number of nitrogens with zero attached hydrogens (tertiary/aromatic N) is 1. The van der Waals surface area contributed by atoms with Gasteiger partial charge in [0.25, 0.3) is 0 Å². The number of nitrogens with two attached hydrogens (primary N) is 1. The highest BCUT2D eigenvalue weighted by atomic mass is 16.2. The average molecular weight is 102 g/mol. The van der Waals surface area contributed by atoms with Gasteiger partial charge in [-0.2, -0.15) is 0 Å². The molecule has 0 aliphatic carbocycles. The van der Waals surface area contributed by atoms with Crippen LogP contribution in [0.25, 0.3) is 0 Å². The molecule has 0 aliphatic heterocycles.